The van der Waals surface area contributed by atoms with Crippen LogP contribution >= 0.6 is 0 Å². The van der Waals surface area contributed by atoms with Crippen molar-refractivity contribution >= 4 is 21.4 Å². The molecule has 0 aliphatic rings. The summed E-state index contributed by atoms with van der Waals surface area (Å²) < 4.78 is 63.8. The Balaban J connectivity index is 2.36. The highest BCUT2D eigenvalue weighted by Gasteiger charge is 2.31. The van der Waals surface area contributed by atoms with Crippen molar-refractivity contribution in [3.05, 3.63) is 48.2 Å². The van der Waals surface area contributed by atoms with Gasteiger partial charge in [0, 0.05) is 11.9 Å². The molecule has 0 saturated heterocycles. The lowest BCUT2D eigenvalue weighted by atomic mass is 10.2. The molecule has 1 aromatic carbocycles. The number of anilines is 2. The zero-order valence-electron chi connectivity index (χ0n) is 10.4. The first-order valence-electron chi connectivity index (χ1n) is 5.61. The Morgan fingerprint density at radius 2 is 1.86 bits per heavy atom. The Kier molecular flexibility index (Phi) is 3.77. The minimum absolute atomic E-state index is 0.100. The monoisotopic (exact) mass is 317 g/mol. The molecule has 0 aliphatic carbocycles. The summed E-state index contributed by atoms with van der Waals surface area (Å²) in [4.78, 5) is 3.62. The first kappa shape index (κ1) is 15.1. The summed E-state index contributed by atoms with van der Waals surface area (Å²) >= 11 is 0. The van der Waals surface area contributed by atoms with Crippen LogP contribution in [0.2, 0.25) is 0 Å². The third kappa shape index (κ3) is 3.43. The lowest BCUT2D eigenvalue weighted by Gasteiger charge is -2.11. The fourth-order valence-electron chi connectivity index (χ4n) is 1.59. The van der Waals surface area contributed by atoms with Gasteiger partial charge in [0.2, 0.25) is 0 Å². The number of sulfonamides is 1. The molecule has 0 radical (unpaired) electrons. The van der Waals surface area contributed by atoms with Crippen molar-refractivity contribution in [3.8, 4) is 0 Å². The number of rotatable bonds is 3. The van der Waals surface area contributed by atoms with Crippen molar-refractivity contribution < 1.29 is 21.6 Å². The molecule has 1 aromatic heterocycles. The van der Waals surface area contributed by atoms with Crippen LogP contribution in [0.3, 0.4) is 0 Å². The number of pyridine rings is 1. The lowest BCUT2D eigenvalue weighted by molar-refractivity contribution is -0.137. The smallest absolute Gasteiger partial charge is 0.396 e. The van der Waals surface area contributed by atoms with Gasteiger partial charge >= 0.3 is 6.18 Å². The summed E-state index contributed by atoms with van der Waals surface area (Å²) in [7, 11) is -4.16. The van der Waals surface area contributed by atoms with Gasteiger partial charge in [-0.1, -0.05) is 6.07 Å². The van der Waals surface area contributed by atoms with E-state index in [0.29, 0.717) is 6.07 Å². The van der Waals surface area contributed by atoms with Crippen LogP contribution in [0.4, 0.5) is 24.5 Å². The van der Waals surface area contributed by atoms with Crippen molar-refractivity contribution in [2.24, 2.45) is 0 Å². The molecule has 0 amide bonds. The molecule has 0 atom stereocenters. The average Bonchev–Trinajstić information content (AvgIpc) is 2.37. The molecule has 21 heavy (non-hydrogen) atoms. The lowest BCUT2D eigenvalue weighted by Crippen LogP contribution is -2.17. The Bertz CT molecular complexity index is 760. The fraction of sp³-hybridized carbons (Fsp3) is 0.0833. The maximum Gasteiger partial charge on any atom is 0.416 e. The van der Waals surface area contributed by atoms with E-state index < -0.39 is 26.8 Å². The second-order valence-electron chi connectivity index (χ2n) is 4.08. The number of nitrogens with one attached hydrogen (secondary N) is 1. The maximum atomic E-state index is 12.6. The second-order valence-corrected chi connectivity index (χ2v) is 5.68. The van der Waals surface area contributed by atoms with E-state index in [1.54, 1.807) is 0 Å². The van der Waals surface area contributed by atoms with Crippen molar-refractivity contribution in [2.75, 3.05) is 10.5 Å². The Morgan fingerprint density at radius 1 is 1.14 bits per heavy atom. The van der Waals surface area contributed by atoms with Crippen LogP contribution in [0.5, 0.6) is 0 Å². The van der Waals surface area contributed by atoms with E-state index >= 15 is 0 Å². The third-order valence-corrected chi connectivity index (χ3v) is 3.85. The average molecular weight is 317 g/mol. The molecule has 112 valence electrons. The number of aromatic nitrogens is 1. The van der Waals surface area contributed by atoms with Gasteiger partial charge in [-0.05, 0) is 30.3 Å². The molecule has 0 spiro atoms. The normalized spacial score (nSPS) is 12.1. The Labute approximate surface area is 118 Å². The van der Waals surface area contributed by atoms with Gasteiger partial charge in [-0.25, -0.2) is 4.98 Å². The van der Waals surface area contributed by atoms with Crippen molar-refractivity contribution in [1.29, 1.82) is 0 Å². The number of nitrogens with zero attached hydrogens (tertiary/aromatic N) is 1. The van der Waals surface area contributed by atoms with E-state index in [9.17, 15) is 21.6 Å². The van der Waals surface area contributed by atoms with Crippen molar-refractivity contribution in [1.82, 2.24) is 4.98 Å². The number of hydrogen-bond donors (Lipinski definition) is 2. The second kappa shape index (κ2) is 5.24. The van der Waals surface area contributed by atoms with Gasteiger partial charge in [0.05, 0.1) is 11.3 Å². The van der Waals surface area contributed by atoms with Crippen LogP contribution in [-0.4, -0.2) is 13.4 Å². The Hall–Kier alpha value is -2.29. The van der Waals surface area contributed by atoms with Crippen molar-refractivity contribution in [2.45, 2.75) is 11.2 Å². The summed E-state index contributed by atoms with van der Waals surface area (Å²) in [5.41, 5.74) is 4.21. The molecule has 0 bridgehead atoms. The fourth-order valence-corrected chi connectivity index (χ4v) is 2.70. The van der Waals surface area contributed by atoms with Gasteiger partial charge in [0.15, 0.2) is 5.03 Å². The zero-order valence-corrected chi connectivity index (χ0v) is 11.2. The van der Waals surface area contributed by atoms with Gasteiger partial charge in [-0.3, -0.25) is 4.72 Å². The Morgan fingerprint density at radius 3 is 2.48 bits per heavy atom. The number of halogens is 3. The summed E-state index contributed by atoms with van der Waals surface area (Å²) in [6.07, 6.45) is -3.34. The van der Waals surface area contributed by atoms with Crippen LogP contribution in [0.1, 0.15) is 5.56 Å². The van der Waals surface area contributed by atoms with E-state index in [1.165, 1.54) is 24.4 Å². The zero-order chi connectivity index (χ0) is 15.7. The molecule has 5 nitrogen and oxygen atoms in total. The molecule has 0 aliphatic heterocycles. The SMILES string of the molecule is Nc1cccnc1S(=O)(=O)Nc1cccc(C(F)(F)F)c1. The van der Waals surface area contributed by atoms with Crippen LogP contribution in [0.25, 0.3) is 0 Å². The molecule has 0 saturated carbocycles. The maximum absolute atomic E-state index is 12.6. The van der Waals surface area contributed by atoms with Crippen LogP contribution in [-0.2, 0) is 16.2 Å². The molecule has 0 unspecified atom stereocenters. The summed E-state index contributed by atoms with van der Waals surface area (Å²) in [6, 6.07) is 6.60. The summed E-state index contributed by atoms with van der Waals surface area (Å²) in [5, 5.41) is -0.442. The number of nitrogens with two attached hydrogens (primary N) is 1. The molecule has 2 rings (SSSR count). The summed E-state index contributed by atoms with van der Waals surface area (Å²) in [6.45, 7) is 0. The molecular weight excluding hydrogens is 307 g/mol. The molecular formula is C12H10F3N3O2S. The first-order chi connectivity index (χ1) is 9.70. The highest BCUT2D eigenvalue weighted by Crippen LogP contribution is 2.31. The van der Waals surface area contributed by atoms with Gasteiger partial charge in [-0.2, -0.15) is 21.6 Å². The van der Waals surface area contributed by atoms with Gasteiger partial charge in [0.1, 0.15) is 0 Å². The molecule has 3 N–H and O–H groups in total. The minimum Gasteiger partial charge on any atom is -0.396 e. The van der Waals surface area contributed by atoms with Gasteiger partial charge in [-0.15, -0.1) is 0 Å². The minimum atomic E-state index is -4.56. The van der Waals surface area contributed by atoms with E-state index in [0.717, 1.165) is 12.1 Å². The molecule has 0 fully saturated rings. The van der Waals surface area contributed by atoms with E-state index in [-0.39, 0.29) is 11.4 Å². The van der Waals surface area contributed by atoms with Crippen molar-refractivity contribution in [3.63, 3.8) is 0 Å². The molecule has 2 aromatic rings. The third-order valence-electron chi connectivity index (χ3n) is 2.50. The van der Waals surface area contributed by atoms with E-state index in [2.05, 4.69) is 4.98 Å². The number of nitrogen functional groups attached to an aromatic ring is 1. The first-order valence-corrected chi connectivity index (χ1v) is 7.09. The number of alkyl halides is 3. The van der Waals surface area contributed by atoms with E-state index in [1.807, 2.05) is 4.72 Å². The largest absolute Gasteiger partial charge is 0.416 e. The molecule has 1 heterocycles. The quantitative estimate of drug-likeness (QED) is 0.911. The van der Waals surface area contributed by atoms with Crippen LogP contribution in [0.15, 0.2) is 47.6 Å². The standard InChI is InChI=1S/C12H10F3N3O2S/c13-12(14,15)8-3-1-4-9(7-8)18-21(19,20)11-10(16)5-2-6-17-11/h1-7,18H,16H2. The highest BCUT2D eigenvalue weighted by atomic mass is 32.2. The summed E-state index contributed by atoms with van der Waals surface area (Å²) in [5.74, 6) is 0. The topological polar surface area (TPSA) is 85.1 Å². The van der Waals surface area contributed by atoms with E-state index in [4.69, 9.17) is 5.73 Å². The van der Waals surface area contributed by atoms with Crippen LogP contribution in [0, 0.1) is 0 Å². The predicted molar refractivity (Wildman–Crippen MR) is 70.9 cm³/mol. The van der Waals surface area contributed by atoms with Gasteiger partial charge in [0.25, 0.3) is 10.0 Å². The van der Waals surface area contributed by atoms with Crippen LogP contribution < -0.4 is 10.5 Å². The number of hydrogen-bond acceptors (Lipinski definition) is 4. The highest BCUT2D eigenvalue weighted by molar-refractivity contribution is 7.92. The molecule has 9 heteroatoms. The predicted octanol–water partition coefficient (Wildman–Crippen LogP) is 2.48. The number of benzene rings is 1. The van der Waals surface area contributed by atoms with Gasteiger partial charge < -0.3 is 5.73 Å².